The lowest BCUT2D eigenvalue weighted by atomic mass is 10.0. The van der Waals surface area contributed by atoms with Crippen molar-refractivity contribution < 1.29 is 0 Å². The third-order valence-electron chi connectivity index (χ3n) is 1.63. The van der Waals surface area contributed by atoms with Crippen molar-refractivity contribution in [1.29, 1.82) is 0 Å². The summed E-state index contributed by atoms with van der Waals surface area (Å²) in [7, 11) is 0. The second-order valence-corrected chi connectivity index (χ2v) is 2.35. The number of rotatable bonds is 2. The fourth-order valence-electron chi connectivity index (χ4n) is 0.987. The highest BCUT2D eigenvalue weighted by Crippen LogP contribution is 2.12. The van der Waals surface area contributed by atoms with Gasteiger partial charge < -0.3 is 5.73 Å². The number of nitrogens with two attached hydrogens (primary N) is 2. The van der Waals surface area contributed by atoms with Crippen LogP contribution in [-0.2, 0) is 0 Å². The first-order valence-corrected chi connectivity index (χ1v) is 3.42. The van der Waals surface area contributed by atoms with E-state index in [2.05, 4.69) is 11.5 Å². The van der Waals surface area contributed by atoms with E-state index >= 15 is 0 Å². The Morgan fingerprint density at radius 3 is 2.90 bits per heavy atom. The lowest BCUT2D eigenvalue weighted by Crippen LogP contribution is -2.43. The van der Waals surface area contributed by atoms with Gasteiger partial charge in [-0.15, -0.1) is 0 Å². The Balaban J connectivity index is 2.53. The third kappa shape index (κ3) is 1.67. The average molecular weight is 139 g/mol. The molecule has 0 aromatic rings. The van der Waals surface area contributed by atoms with Gasteiger partial charge in [0.1, 0.15) is 0 Å². The molecular formula is C7H13N3. The zero-order chi connectivity index (χ0) is 7.40. The summed E-state index contributed by atoms with van der Waals surface area (Å²) in [6.07, 6.45) is 8.05. The second-order valence-electron chi connectivity index (χ2n) is 2.35. The van der Waals surface area contributed by atoms with Crippen LogP contribution in [0, 0.1) is 0 Å². The molecule has 0 amide bonds. The van der Waals surface area contributed by atoms with E-state index in [-0.39, 0.29) is 6.17 Å². The molecule has 1 unspecified atom stereocenters. The molecule has 0 aromatic carbocycles. The average Bonchev–Trinajstić information content (AvgIpc) is 2.05. The first-order valence-electron chi connectivity index (χ1n) is 3.42. The molecule has 0 fully saturated rings. The molecule has 5 N–H and O–H groups in total. The van der Waals surface area contributed by atoms with E-state index in [1.807, 2.05) is 12.2 Å². The van der Waals surface area contributed by atoms with Crippen LogP contribution >= 0.6 is 0 Å². The van der Waals surface area contributed by atoms with Crippen molar-refractivity contribution in [3.05, 3.63) is 23.8 Å². The largest absolute Gasteiger partial charge is 0.311 e. The molecule has 3 nitrogen and oxygen atoms in total. The fourth-order valence-corrected chi connectivity index (χ4v) is 0.987. The minimum Gasteiger partial charge on any atom is -0.311 e. The van der Waals surface area contributed by atoms with Gasteiger partial charge in [0.05, 0.1) is 6.17 Å². The van der Waals surface area contributed by atoms with Crippen molar-refractivity contribution in [1.82, 2.24) is 5.43 Å². The van der Waals surface area contributed by atoms with Crippen LogP contribution < -0.4 is 17.0 Å². The first-order chi connectivity index (χ1) is 4.84. The smallest absolute Gasteiger partial charge is 0.0898 e. The van der Waals surface area contributed by atoms with Gasteiger partial charge in [-0.3, -0.25) is 5.84 Å². The number of hydrogen-bond donors (Lipinski definition) is 3. The predicted molar refractivity (Wildman–Crippen MR) is 41.8 cm³/mol. The topological polar surface area (TPSA) is 64.1 Å². The Labute approximate surface area is 60.7 Å². The van der Waals surface area contributed by atoms with Crippen LogP contribution in [0.2, 0.25) is 0 Å². The summed E-state index contributed by atoms with van der Waals surface area (Å²) in [5.41, 5.74) is 9.29. The van der Waals surface area contributed by atoms with Crippen LogP contribution in [0.15, 0.2) is 23.8 Å². The molecule has 0 aromatic heterocycles. The lowest BCUT2D eigenvalue weighted by molar-refractivity contribution is 0.592. The van der Waals surface area contributed by atoms with E-state index in [9.17, 15) is 0 Å². The molecule has 0 saturated carbocycles. The summed E-state index contributed by atoms with van der Waals surface area (Å²) in [6.45, 7) is 0. The van der Waals surface area contributed by atoms with E-state index in [1.165, 1.54) is 5.57 Å². The Morgan fingerprint density at radius 2 is 2.40 bits per heavy atom. The summed E-state index contributed by atoms with van der Waals surface area (Å²) in [6, 6.07) is 0. The normalized spacial score (nSPS) is 20.4. The Kier molecular flexibility index (Phi) is 2.62. The van der Waals surface area contributed by atoms with Crippen LogP contribution in [0.3, 0.4) is 0 Å². The summed E-state index contributed by atoms with van der Waals surface area (Å²) < 4.78 is 0. The van der Waals surface area contributed by atoms with Crippen LogP contribution in [-0.4, -0.2) is 6.17 Å². The van der Waals surface area contributed by atoms with E-state index in [1.54, 1.807) is 0 Å². The van der Waals surface area contributed by atoms with E-state index in [4.69, 9.17) is 11.6 Å². The van der Waals surface area contributed by atoms with Crippen LogP contribution in [0.5, 0.6) is 0 Å². The fraction of sp³-hybridized carbons (Fsp3) is 0.429. The molecule has 0 aliphatic heterocycles. The SMILES string of the molecule is NNC(N)C1=CC=CCC1. The number of allylic oxidation sites excluding steroid dienone is 3. The van der Waals surface area contributed by atoms with Gasteiger partial charge in [-0.2, -0.15) is 0 Å². The third-order valence-corrected chi connectivity index (χ3v) is 1.63. The van der Waals surface area contributed by atoms with Gasteiger partial charge in [-0.05, 0) is 18.4 Å². The molecule has 0 radical (unpaired) electrons. The van der Waals surface area contributed by atoms with Crippen LogP contribution in [0.4, 0.5) is 0 Å². The molecule has 0 bridgehead atoms. The van der Waals surface area contributed by atoms with Gasteiger partial charge in [-0.25, -0.2) is 5.43 Å². The molecule has 0 saturated heterocycles. The highest BCUT2D eigenvalue weighted by atomic mass is 15.3. The van der Waals surface area contributed by atoms with Crippen LogP contribution in [0.25, 0.3) is 0 Å². The van der Waals surface area contributed by atoms with Crippen molar-refractivity contribution in [3.63, 3.8) is 0 Å². The molecule has 1 rings (SSSR count). The minimum absolute atomic E-state index is 0.176. The molecule has 1 aliphatic carbocycles. The molecule has 10 heavy (non-hydrogen) atoms. The summed E-state index contributed by atoms with van der Waals surface area (Å²) in [5.74, 6) is 5.16. The van der Waals surface area contributed by atoms with Gasteiger partial charge in [0.2, 0.25) is 0 Å². The molecule has 1 atom stereocenters. The van der Waals surface area contributed by atoms with Gasteiger partial charge >= 0.3 is 0 Å². The Bertz CT molecular complexity index is 160. The van der Waals surface area contributed by atoms with Crippen molar-refractivity contribution in [2.75, 3.05) is 0 Å². The standard InChI is InChI=1S/C7H13N3/c8-7(10-9)6-4-2-1-3-5-6/h1-2,4,7,10H,3,5,8-9H2. The summed E-state index contributed by atoms with van der Waals surface area (Å²) in [5, 5.41) is 0. The minimum atomic E-state index is -0.176. The summed E-state index contributed by atoms with van der Waals surface area (Å²) in [4.78, 5) is 0. The zero-order valence-corrected chi connectivity index (χ0v) is 5.88. The molecule has 0 spiro atoms. The van der Waals surface area contributed by atoms with Gasteiger partial charge in [0, 0.05) is 0 Å². The molecule has 3 heteroatoms. The quantitative estimate of drug-likeness (QED) is 0.287. The highest BCUT2D eigenvalue weighted by molar-refractivity contribution is 5.20. The zero-order valence-electron chi connectivity index (χ0n) is 5.88. The number of hydrogen-bond acceptors (Lipinski definition) is 3. The Morgan fingerprint density at radius 1 is 1.60 bits per heavy atom. The number of hydrazine groups is 1. The Hall–Kier alpha value is -0.640. The van der Waals surface area contributed by atoms with Crippen LogP contribution in [0.1, 0.15) is 12.8 Å². The van der Waals surface area contributed by atoms with Crippen molar-refractivity contribution >= 4 is 0 Å². The molecule has 56 valence electrons. The van der Waals surface area contributed by atoms with E-state index in [0.717, 1.165) is 12.8 Å². The maximum atomic E-state index is 5.61. The van der Waals surface area contributed by atoms with Crippen molar-refractivity contribution in [2.24, 2.45) is 11.6 Å². The first kappa shape index (κ1) is 7.47. The molecule has 1 aliphatic rings. The van der Waals surface area contributed by atoms with E-state index < -0.39 is 0 Å². The van der Waals surface area contributed by atoms with Crippen molar-refractivity contribution in [2.45, 2.75) is 19.0 Å². The monoisotopic (exact) mass is 139 g/mol. The maximum Gasteiger partial charge on any atom is 0.0898 e. The lowest BCUT2D eigenvalue weighted by Gasteiger charge is -2.15. The van der Waals surface area contributed by atoms with Gasteiger partial charge in [0.25, 0.3) is 0 Å². The summed E-state index contributed by atoms with van der Waals surface area (Å²) >= 11 is 0. The maximum absolute atomic E-state index is 5.61. The number of nitrogens with one attached hydrogen (secondary N) is 1. The molecule has 0 heterocycles. The highest BCUT2D eigenvalue weighted by Gasteiger charge is 2.06. The second kappa shape index (κ2) is 3.51. The molecular weight excluding hydrogens is 126 g/mol. The van der Waals surface area contributed by atoms with E-state index in [0.29, 0.717) is 0 Å². The van der Waals surface area contributed by atoms with Gasteiger partial charge in [-0.1, -0.05) is 18.2 Å². The predicted octanol–water partition coefficient (Wildman–Crippen LogP) is 0.0109. The van der Waals surface area contributed by atoms with Crippen molar-refractivity contribution in [3.8, 4) is 0 Å². The van der Waals surface area contributed by atoms with Gasteiger partial charge in [0.15, 0.2) is 0 Å².